The van der Waals surface area contributed by atoms with Crippen molar-refractivity contribution in [1.82, 2.24) is 5.32 Å². The summed E-state index contributed by atoms with van der Waals surface area (Å²) in [6.07, 6.45) is 1.23. The van der Waals surface area contributed by atoms with Gasteiger partial charge in [0.05, 0.1) is 18.0 Å². The predicted molar refractivity (Wildman–Crippen MR) is 107 cm³/mol. The van der Waals surface area contributed by atoms with E-state index in [1.165, 1.54) is 11.4 Å². The Morgan fingerprint density at radius 1 is 1.11 bits per heavy atom. The molecule has 1 amide bonds. The highest BCUT2D eigenvalue weighted by Crippen LogP contribution is 2.21. The fourth-order valence-electron chi connectivity index (χ4n) is 2.58. The molecule has 0 bridgehead atoms. The van der Waals surface area contributed by atoms with Gasteiger partial charge in [0.2, 0.25) is 10.0 Å². The number of nitrogens with zero attached hydrogens (tertiary/aromatic N) is 1. The monoisotopic (exact) mass is 390 g/mol. The standard InChI is InChI=1S/C20H26N2O4S/c1-5-19(16-9-7-6-8-10-16)21-20(23)15(2)26-18-13-11-17(12-14-18)22(3)27(4,24)25/h6-15,19H,5H2,1-4H3,(H,21,23)/t15-,19+/m0/s1. The van der Waals surface area contributed by atoms with E-state index in [4.69, 9.17) is 4.74 Å². The zero-order valence-corrected chi connectivity index (χ0v) is 16.9. The number of anilines is 1. The highest BCUT2D eigenvalue weighted by Gasteiger charge is 2.19. The van der Waals surface area contributed by atoms with Gasteiger partial charge in [-0.1, -0.05) is 37.3 Å². The minimum atomic E-state index is -3.32. The molecule has 0 aliphatic carbocycles. The third-order valence-corrected chi connectivity index (χ3v) is 5.51. The lowest BCUT2D eigenvalue weighted by atomic mass is 10.0. The van der Waals surface area contributed by atoms with Gasteiger partial charge in [0, 0.05) is 7.05 Å². The first-order chi connectivity index (χ1) is 12.7. The summed E-state index contributed by atoms with van der Waals surface area (Å²) in [7, 11) is -1.84. The van der Waals surface area contributed by atoms with Crippen LogP contribution in [0.15, 0.2) is 54.6 Å². The van der Waals surface area contributed by atoms with E-state index < -0.39 is 16.1 Å². The molecule has 0 saturated heterocycles. The van der Waals surface area contributed by atoms with Crippen LogP contribution in [0.1, 0.15) is 31.9 Å². The Balaban J connectivity index is 1.99. The zero-order chi connectivity index (χ0) is 20.0. The van der Waals surface area contributed by atoms with Crippen LogP contribution >= 0.6 is 0 Å². The lowest BCUT2D eigenvalue weighted by Crippen LogP contribution is -2.38. The molecular weight excluding hydrogens is 364 g/mol. The van der Waals surface area contributed by atoms with Crippen LogP contribution in [0, 0.1) is 0 Å². The Kier molecular flexibility index (Phi) is 6.85. The number of carbonyl (C=O) groups is 1. The van der Waals surface area contributed by atoms with Gasteiger partial charge in [-0.05, 0) is 43.2 Å². The van der Waals surface area contributed by atoms with Crippen molar-refractivity contribution in [2.75, 3.05) is 17.6 Å². The minimum absolute atomic E-state index is 0.0736. The maximum Gasteiger partial charge on any atom is 0.261 e. The van der Waals surface area contributed by atoms with Crippen LogP contribution < -0.4 is 14.4 Å². The van der Waals surface area contributed by atoms with E-state index in [0.717, 1.165) is 18.2 Å². The molecule has 27 heavy (non-hydrogen) atoms. The smallest absolute Gasteiger partial charge is 0.261 e. The third-order valence-electron chi connectivity index (χ3n) is 4.31. The average Bonchev–Trinajstić information content (AvgIpc) is 2.65. The second-order valence-corrected chi connectivity index (χ2v) is 8.38. The molecular formula is C20H26N2O4S. The molecule has 0 saturated carbocycles. The predicted octanol–water partition coefficient (Wildman–Crippen LogP) is 3.12. The average molecular weight is 391 g/mol. The lowest BCUT2D eigenvalue weighted by molar-refractivity contribution is -0.128. The normalized spacial score (nSPS) is 13.5. The highest BCUT2D eigenvalue weighted by molar-refractivity contribution is 7.92. The Labute approximate surface area is 161 Å². The Morgan fingerprint density at radius 3 is 2.22 bits per heavy atom. The molecule has 6 nitrogen and oxygen atoms in total. The van der Waals surface area contributed by atoms with Gasteiger partial charge in [0.25, 0.3) is 5.91 Å². The van der Waals surface area contributed by atoms with Gasteiger partial charge in [-0.2, -0.15) is 0 Å². The molecule has 1 N–H and O–H groups in total. The summed E-state index contributed by atoms with van der Waals surface area (Å²) in [4.78, 5) is 12.5. The Bertz CT molecular complexity index is 851. The van der Waals surface area contributed by atoms with Crippen LogP contribution in [-0.2, 0) is 14.8 Å². The number of hydrogen-bond donors (Lipinski definition) is 1. The summed E-state index contributed by atoms with van der Waals surface area (Å²) in [5, 5.41) is 3.00. The number of ether oxygens (including phenoxy) is 1. The summed E-state index contributed by atoms with van der Waals surface area (Å²) in [6, 6.07) is 16.3. The van der Waals surface area contributed by atoms with Crippen molar-refractivity contribution < 1.29 is 17.9 Å². The SMILES string of the molecule is CC[C@@H](NC(=O)[C@H](C)Oc1ccc(N(C)S(C)(=O)=O)cc1)c1ccccc1. The number of rotatable bonds is 8. The van der Waals surface area contributed by atoms with Gasteiger partial charge in [0.15, 0.2) is 6.10 Å². The van der Waals surface area contributed by atoms with Crippen LogP contribution in [0.4, 0.5) is 5.69 Å². The second-order valence-electron chi connectivity index (χ2n) is 6.36. The Hall–Kier alpha value is -2.54. The van der Waals surface area contributed by atoms with E-state index in [-0.39, 0.29) is 11.9 Å². The topological polar surface area (TPSA) is 75.7 Å². The highest BCUT2D eigenvalue weighted by atomic mass is 32.2. The second kappa shape index (κ2) is 8.90. The van der Waals surface area contributed by atoms with Crippen molar-refractivity contribution in [3.05, 3.63) is 60.2 Å². The molecule has 0 aliphatic heterocycles. The van der Waals surface area contributed by atoms with Crippen LogP contribution in [0.25, 0.3) is 0 Å². The molecule has 2 rings (SSSR count). The van der Waals surface area contributed by atoms with E-state index in [1.807, 2.05) is 37.3 Å². The molecule has 0 fully saturated rings. The molecule has 0 aromatic heterocycles. The maximum absolute atomic E-state index is 12.5. The molecule has 0 radical (unpaired) electrons. The first-order valence-electron chi connectivity index (χ1n) is 8.78. The lowest BCUT2D eigenvalue weighted by Gasteiger charge is -2.21. The third kappa shape index (κ3) is 5.72. The van der Waals surface area contributed by atoms with Crippen LogP contribution in [0.5, 0.6) is 5.75 Å². The summed E-state index contributed by atoms with van der Waals surface area (Å²) >= 11 is 0. The first-order valence-corrected chi connectivity index (χ1v) is 10.6. The number of sulfonamides is 1. The molecule has 2 aromatic carbocycles. The number of nitrogens with one attached hydrogen (secondary N) is 1. The fourth-order valence-corrected chi connectivity index (χ4v) is 3.08. The summed E-state index contributed by atoms with van der Waals surface area (Å²) in [5.41, 5.74) is 1.57. The molecule has 146 valence electrons. The van der Waals surface area contributed by atoms with E-state index in [9.17, 15) is 13.2 Å². The zero-order valence-electron chi connectivity index (χ0n) is 16.0. The van der Waals surface area contributed by atoms with E-state index in [0.29, 0.717) is 11.4 Å². The molecule has 0 unspecified atom stereocenters. The van der Waals surface area contributed by atoms with Crippen LogP contribution in [-0.4, -0.2) is 33.7 Å². The van der Waals surface area contributed by atoms with Crippen molar-refractivity contribution >= 4 is 21.6 Å². The van der Waals surface area contributed by atoms with Gasteiger partial charge < -0.3 is 10.1 Å². The van der Waals surface area contributed by atoms with E-state index >= 15 is 0 Å². The largest absolute Gasteiger partial charge is 0.481 e. The Morgan fingerprint density at radius 2 is 1.70 bits per heavy atom. The van der Waals surface area contributed by atoms with Gasteiger partial charge >= 0.3 is 0 Å². The molecule has 7 heteroatoms. The quantitative estimate of drug-likeness (QED) is 0.751. The van der Waals surface area contributed by atoms with Crippen molar-refractivity contribution in [2.24, 2.45) is 0 Å². The number of hydrogen-bond acceptors (Lipinski definition) is 4. The molecule has 0 heterocycles. The molecule has 2 atom stereocenters. The maximum atomic E-state index is 12.5. The first kappa shape index (κ1) is 20.8. The van der Waals surface area contributed by atoms with Crippen LogP contribution in [0.2, 0.25) is 0 Å². The minimum Gasteiger partial charge on any atom is -0.481 e. The van der Waals surface area contributed by atoms with Crippen molar-refractivity contribution in [3.8, 4) is 5.75 Å². The van der Waals surface area contributed by atoms with Crippen LogP contribution in [0.3, 0.4) is 0 Å². The fraction of sp³-hybridized carbons (Fsp3) is 0.350. The molecule has 0 spiro atoms. The van der Waals surface area contributed by atoms with Crippen molar-refractivity contribution in [3.63, 3.8) is 0 Å². The van der Waals surface area contributed by atoms with E-state index in [1.54, 1.807) is 31.2 Å². The number of benzene rings is 2. The molecule has 0 aliphatic rings. The summed E-state index contributed by atoms with van der Waals surface area (Å²) in [5.74, 6) is 0.291. The van der Waals surface area contributed by atoms with E-state index in [2.05, 4.69) is 5.32 Å². The van der Waals surface area contributed by atoms with Gasteiger partial charge in [0.1, 0.15) is 5.75 Å². The van der Waals surface area contributed by atoms with Crippen molar-refractivity contribution in [2.45, 2.75) is 32.4 Å². The summed E-state index contributed by atoms with van der Waals surface area (Å²) < 4.78 is 30.0. The molecule has 2 aromatic rings. The number of carbonyl (C=O) groups excluding carboxylic acids is 1. The number of amides is 1. The van der Waals surface area contributed by atoms with Crippen molar-refractivity contribution in [1.29, 1.82) is 0 Å². The van der Waals surface area contributed by atoms with Gasteiger partial charge in [-0.15, -0.1) is 0 Å². The summed E-state index contributed by atoms with van der Waals surface area (Å²) in [6.45, 7) is 3.70. The van der Waals surface area contributed by atoms with Gasteiger partial charge in [-0.3, -0.25) is 9.10 Å². The van der Waals surface area contributed by atoms with Gasteiger partial charge in [-0.25, -0.2) is 8.42 Å².